The van der Waals surface area contributed by atoms with Crippen molar-refractivity contribution in [3.05, 3.63) is 9.98 Å². The lowest BCUT2D eigenvalue weighted by atomic mass is 10.1. The Labute approximate surface area is 93.1 Å². The number of halogens is 3. The van der Waals surface area contributed by atoms with Gasteiger partial charge in [0.1, 0.15) is 0 Å². The van der Waals surface area contributed by atoms with Crippen LogP contribution in [0.5, 0.6) is 0 Å². The van der Waals surface area contributed by atoms with Crippen LogP contribution in [0.15, 0.2) is 9.98 Å². The maximum absolute atomic E-state index is 12.8. The molecular weight excluding hydrogens is 274 g/mol. The van der Waals surface area contributed by atoms with Gasteiger partial charge < -0.3 is 4.90 Å². The van der Waals surface area contributed by atoms with Crippen molar-refractivity contribution in [1.29, 1.82) is 0 Å². The van der Waals surface area contributed by atoms with Crippen molar-refractivity contribution in [2.75, 3.05) is 18.0 Å². The first-order valence-electron chi connectivity index (χ1n) is 4.31. The SMILES string of the molecule is FC1(F)CCN(c2ncc(Br)s2)CC1. The summed E-state index contributed by atoms with van der Waals surface area (Å²) in [6, 6.07) is 0. The molecule has 1 fully saturated rings. The Bertz CT molecular complexity index is 319. The van der Waals surface area contributed by atoms with Crippen LogP contribution in [0.2, 0.25) is 0 Å². The van der Waals surface area contributed by atoms with E-state index in [0.717, 1.165) is 8.92 Å². The van der Waals surface area contributed by atoms with Gasteiger partial charge in [0.25, 0.3) is 5.92 Å². The molecule has 2 heterocycles. The second kappa shape index (κ2) is 3.73. The molecule has 0 spiro atoms. The van der Waals surface area contributed by atoms with E-state index in [4.69, 9.17) is 0 Å². The molecule has 2 rings (SSSR count). The Hall–Kier alpha value is -0.230. The first-order chi connectivity index (χ1) is 6.57. The Morgan fingerprint density at radius 2 is 2.07 bits per heavy atom. The van der Waals surface area contributed by atoms with Crippen molar-refractivity contribution in [1.82, 2.24) is 4.98 Å². The van der Waals surface area contributed by atoms with Crippen LogP contribution in [0.1, 0.15) is 12.8 Å². The standard InChI is InChI=1S/C8H9BrF2N2S/c9-6-5-12-7(14-6)13-3-1-8(10,11)2-4-13/h5H,1-4H2. The van der Waals surface area contributed by atoms with Gasteiger partial charge in [-0.3, -0.25) is 0 Å². The highest BCUT2D eigenvalue weighted by Gasteiger charge is 2.34. The second-order valence-electron chi connectivity index (χ2n) is 3.29. The number of piperidine rings is 1. The monoisotopic (exact) mass is 282 g/mol. The average molecular weight is 283 g/mol. The van der Waals surface area contributed by atoms with Crippen LogP contribution in [0, 0.1) is 0 Å². The summed E-state index contributed by atoms with van der Waals surface area (Å²) in [7, 11) is 0. The molecule has 0 radical (unpaired) electrons. The maximum atomic E-state index is 12.8. The van der Waals surface area contributed by atoms with E-state index in [1.54, 1.807) is 6.20 Å². The van der Waals surface area contributed by atoms with Crippen molar-refractivity contribution < 1.29 is 8.78 Å². The van der Waals surface area contributed by atoms with E-state index >= 15 is 0 Å². The predicted molar refractivity (Wildman–Crippen MR) is 56.2 cm³/mol. The molecule has 1 saturated heterocycles. The number of alkyl halides is 2. The molecule has 1 aliphatic heterocycles. The van der Waals surface area contributed by atoms with Crippen LogP contribution in [0.3, 0.4) is 0 Å². The molecule has 0 unspecified atom stereocenters. The number of rotatable bonds is 1. The van der Waals surface area contributed by atoms with Crippen LogP contribution >= 0.6 is 27.3 Å². The van der Waals surface area contributed by atoms with Crippen LogP contribution in [0.25, 0.3) is 0 Å². The quantitative estimate of drug-likeness (QED) is 0.787. The van der Waals surface area contributed by atoms with E-state index in [9.17, 15) is 8.78 Å². The van der Waals surface area contributed by atoms with Gasteiger partial charge in [-0.1, -0.05) is 11.3 Å². The largest absolute Gasteiger partial charge is 0.348 e. The predicted octanol–water partition coefficient (Wildman–Crippen LogP) is 3.14. The molecule has 1 aliphatic rings. The number of hydrogen-bond donors (Lipinski definition) is 0. The molecule has 0 atom stereocenters. The molecule has 6 heteroatoms. The molecule has 2 nitrogen and oxygen atoms in total. The molecule has 0 aromatic carbocycles. The minimum Gasteiger partial charge on any atom is -0.348 e. The van der Waals surface area contributed by atoms with Crippen molar-refractivity contribution >= 4 is 32.4 Å². The Balaban J connectivity index is 2.02. The summed E-state index contributed by atoms with van der Waals surface area (Å²) in [4.78, 5) is 6.05. The van der Waals surface area contributed by atoms with E-state index in [0.29, 0.717) is 13.1 Å². The van der Waals surface area contributed by atoms with Gasteiger partial charge in [0.2, 0.25) is 0 Å². The molecule has 0 bridgehead atoms. The first-order valence-corrected chi connectivity index (χ1v) is 5.92. The number of thiazole rings is 1. The fraction of sp³-hybridized carbons (Fsp3) is 0.625. The molecule has 0 N–H and O–H groups in total. The van der Waals surface area contributed by atoms with Crippen LogP contribution in [-0.2, 0) is 0 Å². The zero-order valence-electron chi connectivity index (χ0n) is 7.34. The Kier molecular flexibility index (Phi) is 2.74. The fourth-order valence-corrected chi connectivity index (χ4v) is 2.65. The van der Waals surface area contributed by atoms with Crippen LogP contribution < -0.4 is 4.90 Å². The Morgan fingerprint density at radius 1 is 1.43 bits per heavy atom. The molecule has 0 saturated carbocycles. The van der Waals surface area contributed by atoms with Gasteiger partial charge in [0, 0.05) is 25.9 Å². The second-order valence-corrected chi connectivity index (χ2v) is 5.68. The van der Waals surface area contributed by atoms with Gasteiger partial charge in [0.15, 0.2) is 5.13 Å². The van der Waals surface area contributed by atoms with Crippen molar-refractivity contribution in [3.63, 3.8) is 0 Å². The van der Waals surface area contributed by atoms with Gasteiger partial charge >= 0.3 is 0 Å². The topological polar surface area (TPSA) is 16.1 Å². The number of hydrogen-bond acceptors (Lipinski definition) is 3. The third-order valence-corrected chi connectivity index (χ3v) is 3.77. The van der Waals surface area contributed by atoms with Gasteiger partial charge in [-0.05, 0) is 15.9 Å². The van der Waals surface area contributed by atoms with Gasteiger partial charge in [0.05, 0.1) is 9.98 Å². The molecule has 14 heavy (non-hydrogen) atoms. The lowest BCUT2D eigenvalue weighted by molar-refractivity contribution is -0.0220. The van der Waals surface area contributed by atoms with Crippen LogP contribution in [-0.4, -0.2) is 24.0 Å². The molecule has 1 aromatic rings. The normalized spacial score (nSPS) is 21.2. The molecule has 78 valence electrons. The van der Waals surface area contributed by atoms with Gasteiger partial charge in [-0.2, -0.15) is 0 Å². The summed E-state index contributed by atoms with van der Waals surface area (Å²) in [5.74, 6) is -2.48. The van der Waals surface area contributed by atoms with E-state index < -0.39 is 5.92 Å². The minimum absolute atomic E-state index is 0.0653. The van der Waals surface area contributed by atoms with E-state index in [1.165, 1.54) is 11.3 Å². The summed E-state index contributed by atoms with van der Waals surface area (Å²) in [6.07, 6.45) is 1.57. The summed E-state index contributed by atoms with van der Waals surface area (Å²) in [6.45, 7) is 0.792. The average Bonchev–Trinajstić information content (AvgIpc) is 2.52. The van der Waals surface area contributed by atoms with E-state index in [-0.39, 0.29) is 12.8 Å². The van der Waals surface area contributed by atoms with Crippen molar-refractivity contribution in [2.24, 2.45) is 0 Å². The lowest BCUT2D eigenvalue weighted by Crippen LogP contribution is -2.39. The summed E-state index contributed by atoms with van der Waals surface area (Å²) in [5.41, 5.74) is 0. The molecular formula is C8H9BrF2N2S. The molecule has 0 aliphatic carbocycles. The Morgan fingerprint density at radius 3 is 2.57 bits per heavy atom. The summed E-state index contributed by atoms with van der Waals surface area (Å²) < 4.78 is 26.6. The summed E-state index contributed by atoms with van der Waals surface area (Å²) >= 11 is 4.78. The third kappa shape index (κ3) is 2.23. The van der Waals surface area contributed by atoms with Gasteiger partial charge in [-0.15, -0.1) is 0 Å². The molecule has 1 aromatic heterocycles. The number of nitrogens with zero attached hydrogens (tertiary/aromatic N) is 2. The molecule has 0 amide bonds. The third-order valence-electron chi connectivity index (χ3n) is 2.23. The number of anilines is 1. The van der Waals surface area contributed by atoms with Gasteiger partial charge in [-0.25, -0.2) is 13.8 Å². The lowest BCUT2D eigenvalue weighted by Gasteiger charge is -2.31. The van der Waals surface area contributed by atoms with Crippen LogP contribution in [0.4, 0.5) is 13.9 Å². The zero-order valence-corrected chi connectivity index (χ0v) is 9.74. The fourth-order valence-electron chi connectivity index (χ4n) is 1.42. The zero-order chi connectivity index (χ0) is 10.2. The highest BCUT2D eigenvalue weighted by Crippen LogP contribution is 2.33. The van der Waals surface area contributed by atoms with Crippen molar-refractivity contribution in [3.8, 4) is 0 Å². The van der Waals surface area contributed by atoms with E-state index in [1.807, 2.05) is 4.90 Å². The maximum Gasteiger partial charge on any atom is 0.251 e. The minimum atomic E-state index is -2.48. The van der Waals surface area contributed by atoms with E-state index in [2.05, 4.69) is 20.9 Å². The van der Waals surface area contributed by atoms with Crippen molar-refractivity contribution in [2.45, 2.75) is 18.8 Å². The smallest absolute Gasteiger partial charge is 0.251 e. The number of aromatic nitrogens is 1. The highest BCUT2D eigenvalue weighted by atomic mass is 79.9. The summed E-state index contributed by atoms with van der Waals surface area (Å²) in [5, 5.41) is 0.826. The first kappa shape index (κ1) is 10.3. The highest BCUT2D eigenvalue weighted by molar-refractivity contribution is 9.11.